The summed E-state index contributed by atoms with van der Waals surface area (Å²) in [6.07, 6.45) is 3.14. The van der Waals surface area contributed by atoms with Crippen molar-refractivity contribution in [2.45, 2.75) is 32.4 Å². The van der Waals surface area contributed by atoms with E-state index in [1.165, 1.54) is 18.3 Å². The second-order valence-electron chi connectivity index (χ2n) is 7.99. The third kappa shape index (κ3) is 4.29. The minimum absolute atomic E-state index is 0.317. The maximum Gasteiger partial charge on any atom is 0.253 e. The summed E-state index contributed by atoms with van der Waals surface area (Å²) >= 11 is 0. The molecular formula is C23H22FN5O2. The number of rotatable bonds is 5. The highest BCUT2D eigenvalue weighted by Gasteiger charge is 2.30. The highest BCUT2D eigenvalue weighted by Crippen LogP contribution is 2.28. The van der Waals surface area contributed by atoms with Crippen molar-refractivity contribution < 1.29 is 14.3 Å². The van der Waals surface area contributed by atoms with Gasteiger partial charge in [0.1, 0.15) is 5.82 Å². The molecule has 3 N–H and O–H groups in total. The maximum absolute atomic E-state index is 13.3. The number of carbonyl (C=O) groups is 1. The van der Waals surface area contributed by atoms with Gasteiger partial charge in [-0.1, -0.05) is 12.1 Å². The molecule has 3 heterocycles. The van der Waals surface area contributed by atoms with Crippen LogP contribution in [-0.4, -0.2) is 36.8 Å². The highest BCUT2D eigenvalue weighted by atomic mass is 19.1. The lowest BCUT2D eigenvalue weighted by atomic mass is 9.91. The maximum atomic E-state index is 13.3. The van der Waals surface area contributed by atoms with Crippen LogP contribution in [0.5, 0.6) is 0 Å². The second-order valence-corrected chi connectivity index (χ2v) is 7.99. The van der Waals surface area contributed by atoms with Gasteiger partial charge in [-0.2, -0.15) is 5.10 Å². The Morgan fingerprint density at radius 1 is 1.16 bits per heavy atom. The van der Waals surface area contributed by atoms with Crippen LogP contribution in [0.2, 0.25) is 0 Å². The number of benzene rings is 1. The number of aliphatic hydroxyl groups is 1. The molecule has 0 aliphatic heterocycles. The van der Waals surface area contributed by atoms with Crippen LogP contribution in [0.4, 0.5) is 4.39 Å². The number of aromatic amines is 1. The molecule has 0 saturated heterocycles. The number of aryl methyl sites for hydroxylation is 1. The molecule has 158 valence electrons. The van der Waals surface area contributed by atoms with Gasteiger partial charge in [-0.15, -0.1) is 0 Å². The van der Waals surface area contributed by atoms with Gasteiger partial charge in [0.25, 0.3) is 5.91 Å². The van der Waals surface area contributed by atoms with Gasteiger partial charge in [0, 0.05) is 29.0 Å². The lowest BCUT2D eigenvalue weighted by molar-refractivity contribution is 0.0343. The van der Waals surface area contributed by atoms with Crippen LogP contribution in [0.3, 0.4) is 0 Å². The van der Waals surface area contributed by atoms with Crippen molar-refractivity contribution in [1.29, 1.82) is 0 Å². The minimum atomic E-state index is -1.28. The summed E-state index contributed by atoms with van der Waals surface area (Å²) in [4.78, 5) is 21.5. The van der Waals surface area contributed by atoms with E-state index in [-0.39, 0.29) is 0 Å². The van der Waals surface area contributed by atoms with Crippen LogP contribution in [0.25, 0.3) is 22.3 Å². The Hall–Kier alpha value is -3.65. The molecule has 0 aliphatic rings. The predicted molar refractivity (Wildman–Crippen MR) is 115 cm³/mol. The van der Waals surface area contributed by atoms with Crippen molar-refractivity contribution >= 4 is 16.9 Å². The monoisotopic (exact) mass is 419 g/mol. The first-order valence-electron chi connectivity index (χ1n) is 9.78. The third-order valence-electron chi connectivity index (χ3n) is 5.04. The lowest BCUT2D eigenvalue weighted by Gasteiger charge is -2.30. The number of fused-ring (bicyclic) bond motifs is 1. The van der Waals surface area contributed by atoms with Gasteiger partial charge in [-0.25, -0.2) is 9.37 Å². The molecule has 0 saturated carbocycles. The van der Waals surface area contributed by atoms with E-state index < -0.39 is 23.4 Å². The molecule has 1 atom stereocenters. The fourth-order valence-electron chi connectivity index (χ4n) is 3.48. The summed E-state index contributed by atoms with van der Waals surface area (Å²) in [6, 6.07) is 10.4. The topological polar surface area (TPSA) is 104 Å². The van der Waals surface area contributed by atoms with Crippen LogP contribution < -0.4 is 5.32 Å². The summed E-state index contributed by atoms with van der Waals surface area (Å²) in [5.74, 6) is -0.804. The standard InChI is InChI=1S/C23H22FN5O2/c1-13-10-15(8-9-25-13)19-18-11-16(12-26-21(18)29-28-19)22(30)27-20(23(2,3)31)14-4-6-17(24)7-5-14/h4-12,20,31H,1-3H3,(H,27,30)(H,26,28,29)/t20-/m0/s1. The van der Waals surface area contributed by atoms with Gasteiger partial charge in [-0.05, 0) is 56.7 Å². The number of hydrogen-bond donors (Lipinski definition) is 3. The molecule has 1 aromatic carbocycles. The number of H-pyrrole nitrogens is 1. The van der Waals surface area contributed by atoms with E-state index in [4.69, 9.17) is 0 Å². The Morgan fingerprint density at radius 3 is 2.58 bits per heavy atom. The van der Waals surface area contributed by atoms with Crippen molar-refractivity contribution in [3.05, 3.63) is 77.5 Å². The first-order valence-corrected chi connectivity index (χ1v) is 9.78. The summed E-state index contributed by atoms with van der Waals surface area (Å²) in [5, 5.41) is 21.3. The molecule has 0 aliphatic carbocycles. The Balaban J connectivity index is 1.68. The molecule has 7 nitrogen and oxygen atoms in total. The first-order chi connectivity index (χ1) is 14.7. The third-order valence-corrected chi connectivity index (χ3v) is 5.04. The average Bonchev–Trinajstić information content (AvgIpc) is 3.15. The quantitative estimate of drug-likeness (QED) is 0.458. The van der Waals surface area contributed by atoms with Crippen LogP contribution in [0.15, 0.2) is 54.9 Å². The number of carbonyl (C=O) groups excluding carboxylic acids is 1. The molecule has 8 heteroatoms. The van der Waals surface area contributed by atoms with Crippen LogP contribution in [0.1, 0.15) is 41.5 Å². The lowest BCUT2D eigenvalue weighted by Crippen LogP contribution is -2.42. The molecule has 0 fully saturated rings. The molecule has 0 spiro atoms. The number of amides is 1. The fourth-order valence-corrected chi connectivity index (χ4v) is 3.48. The minimum Gasteiger partial charge on any atom is -0.388 e. The number of aromatic nitrogens is 4. The number of nitrogens with zero attached hydrogens (tertiary/aromatic N) is 3. The van der Waals surface area contributed by atoms with E-state index in [2.05, 4.69) is 25.5 Å². The first kappa shape index (κ1) is 20.6. The fraction of sp³-hybridized carbons (Fsp3) is 0.217. The van der Waals surface area contributed by atoms with Crippen molar-refractivity contribution in [3.8, 4) is 11.3 Å². The average molecular weight is 419 g/mol. The van der Waals surface area contributed by atoms with E-state index in [1.807, 2.05) is 19.1 Å². The van der Waals surface area contributed by atoms with Crippen LogP contribution in [0, 0.1) is 12.7 Å². The number of hydrogen-bond acceptors (Lipinski definition) is 5. The van der Waals surface area contributed by atoms with E-state index in [9.17, 15) is 14.3 Å². The summed E-state index contributed by atoms with van der Waals surface area (Å²) < 4.78 is 13.3. The SMILES string of the molecule is Cc1cc(-c2[nH]nc3ncc(C(=O)N[C@@H](c4ccc(F)cc4)C(C)(C)O)cc23)ccn1. The van der Waals surface area contributed by atoms with Gasteiger partial charge in [0.15, 0.2) is 5.65 Å². The van der Waals surface area contributed by atoms with E-state index in [0.717, 1.165) is 17.0 Å². The summed E-state index contributed by atoms with van der Waals surface area (Å²) in [7, 11) is 0. The zero-order valence-corrected chi connectivity index (χ0v) is 17.3. The van der Waals surface area contributed by atoms with E-state index >= 15 is 0 Å². The van der Waals surface area contributed by atoms with Gasteiger partial charge < -0.3 is 10.4 Å². The Bertz CT molecular complexity index is 1250. The highest BCUT2D eigenvalue weighted by molar-refractivity contribution is 6.00. The number of pyridine rings is 2. The largest absolute Gasteiger partial charge is 0.388 e. The molecule has 0 bridgehead atoms. The number of halogens is 1. The van der Waals surface area contributed by atoms with Crippen molar-refractivity contribution in [3.63, 3.8) is 0 Å². The number of nitrogens with one attached hydrogen (secondary N) is 2. The van der Waals surface area contributed by atoms with Gasteiger partial charge in [-0.3, -0.25) is 14.9 Å². The Labute approximate surface area is 178 Å². The zero-order chi connectivity index (χ0) is 22.2. The Morgan fingerprint density at radius 2 is 1.90 bits per heavy atom. The van der Waals surface area contributed by atoms with Gasteiger partial charge >= 0.3 is 0 Å². The summed E-state index contributed by atoms with van der Waals surface area (Å²) in [5.41, 5.74) is 2.59. The van der Waals surface area contributed by atoms with Crippen LogP contribution in [-0.2, 0) is 0 Å². The molecular weight excluding hydrogens is 397 g/mol. The molecule has 0 unspecified atom stereocenters. The van der Waals surface area contributed by atoms with E-state index in [1.54, 1.807) is 38.2 Å². The molecule has 1 amide bonds. The normalized spacial score (nSPS) is 12.7. The molecule has 3 aromatic heterocycles. The zero-order valence-electron chi connectivity index (χ0n) is 17.3. The summed E-state index contributed by atoms with van der Waals surface area (Å²) in [6.45, 7) is 5.07. The van der Waals surface area contributed by atoms with Crippen LogP contribution >= 0.6 is 0 Å². The van der Waals surface area contributed by atoms with Crippen molar-refractivity contribution in [1.82, 2.24) is 25.5 Å². The predicted octanol–water partition coefficient (Wildman–Crippen LogP) is 3.71. The van der Waals surface area contributed by atoms with E-state index in [0.29, 0.717) is 22.2 Å². The molecule has 0 radical (unpaired) electrons. The van der Waals surface area contributed by atoms with Crippen molar-refractivity contribution in [2.24, 2.45) is 0 Å². The van der Waals surface area contributed by atoms with Crippen molar-refractivity contribution in [2.75, 3.05) is 0 Å². The molecule has 31 heavy (non-hydrogen) atoms. The smallest absolute Gasteiger partial charge is 0.253 e. The Kier molecular flexibility index (Phi) is 5.24. The molecule has 4 aromatic rings. The van der Waals surface area contributed by atoms with Gasteiger partial charge in [0.2, 0.25) is 0 Å². The molecule has 4 rings (SSSR count). The second kappa shape index (κ2) is 7.88. The van der Waals surface area contributed by atoms with Gasteiger partial charge in [0.05, 0.1) is 22.9 Å².